The van der Waals surface area contributed by atoms with E-state index >= 15 is 0 Å². The first-order valence-corrected chi connectivity index (χ1v) is 9.56. The number of hydrazone groups is 1. The molecule has 3 aromatic carbocycles. The molecule has 0 aliphatic carbocycles. The third kappa shape index (κ3) is 6.90. The zero-order chi connectivity index (χ0) is 22.1. The molecule has 2 amide bonds. The zero-order valence-corrected chi connectivity index (χ0v) is 17.2. The van der Waals surface area contributed by atoms with Crippen LogP contribution >= 0.6 is 0 Å². The number of hydrogen-bond donors (Lipinski definition) is 3. The average molecular weight is 414 g/mol. The molecule has 8 nitrogen and oxygen atoms in total. The number of rotatable bonds is 6. The van der Waals surface area contributed by atoms with Crippen LogP contribution in [0, 0.1) is 0 Å². The number of carbonyl (C=O) groups excluding carboxylic acids is 2. The van der Waals surface area contributed by atoms with Gasteiger partial charge in [-0.3, -0.25) is 15.0 Å². The Morgan fingerprint density at radius 3 is 1.74 bits per heavy atom. The molecule has 0 unspecified atom stereocenters. The summed E-state index contributed by atoms with van der Waals surface area (Å²) in [6.45, 7) is 2.91. The first-order valence-electron chi connectivity index (χ1n) is 9.56. The molecule has 0 spiro atoms. The number of amides is 2. The van der Waals surface area contributed by atoms with E-state index in [2.05, 4.69) is 31.4 Å². The Morgan fingerprint density at radius 2 is 1.19 bits per heavy atom. The van der Waals surface area contributed by atoms with Crippen molar-refractivity contribution in [2.24, 2.45) is 15.3 Å². The number of amidine groups is 1. The van der Waals surface area contributed by atoms with Gasteiger partial charge in [0.05, 0.1) is 11.4 Å². The van der Waals surface area contributed by atoms with Crippen LogP contribution in [0.25, 0.3) is 0 Å². The van der Waals surface area contributed by atoms with Crippen LogP contribution in [-0.4, -0.2) is 17.6 Å². The summed E-state index contributed by atoms with van der Waals surface area (Å²) >= 11 is 0. The summed E-state index contributed by atoms with van der Waals surface area (Å²) in [5.41, 5.74) is 6.51. The quantitative estimate of drug-likeness (QED) is 0.224. The Kier molecular flexibility index (Phi) is 7.21. The maximum Gasteiger partial charge on any atom is 0.221 e. The summed E-state index contributed by atoms with van der Waals surface area (Å²) in [4.78, 5) is 22.3. The van der Waals surface area contributed by atoms with E-state index in [0.29, 0.717) is 22.9 Å². The van der Waals surface area contributed by atoms with Gasteiger partial charge in [0, 0.05) is 30.8 Å². The van der Waals surface area contributed by atoms with Crippen LogP contribution in [0.1, 0.15) is 19.4 Å². The fourth-order valence-electron chi connectivity index (χ4n) is 2.60. The minimum Gasteiger partial charge on any atom is -0.326 e. The van der Waals surface area contributed by atoms with Gasteiger partial charge in [0.1, 0.15) is 0 Å². The fourth-order valence-corrected chi connectivity index (χ4v) is 2.60. The minimum absolute atomic E-state index is 0.129. The van der Waals surface area contributed by atoms with Gasteiger partial charge in [-0.15, -0.1) is 10.2 Å². The van der Waals surface area contributed by atoms with Gasteiger partial charge in [0.2, 0.25) is 17.6 Å². The Morgan fingerprint density at radius 1 is 0.677 bits per heavy atom. The third-order valence-corrected chi connectivity index (χ3v) is 3.98. The van der Waals surface area contributed by atoms with E-state index in [-0.39, 0.29) is 11.8 Å². The lowest BCUT2D eigenvalue weighted by molar-refractivity contribution is -0.115. The van der Waals surface area contributed by atoms with Crippen molar-refractivity contribution in [2.75, 3.05) is 16.1 Å². The number of azo groups is 1. The first kappa shape index (κ1) is 21.4. The fraction of sp³-hybridized carbons (Fsp3) is 0.0870. The van der Waals surface area contributed by atoms with Crippen molar-refractivity contribution in [1.82, 2.24) is 0 Å². The van der Waals surface area contributed by atoms with Gasteiger partial charge in [-0.25, -0.2) is 0 Å². The molecule has 3 rings (SSSR count). The topological polar surface area (TPSA) is 107 Å². The molecule has 0 saturated heterocycles. The lowest BCUT2D eigenvalue weighted by atomic mass is 10.2. The van der Waals surface area contributed by atoms with Crippen LogP contribution in [0.3, 0.4) is 0 Å². The smallest absolute Gasteiger partial charge is 0.221 e. The first-order chi connectivity index (χ1) is 15.0. The minimum atomic E-state index is -0.135. The number of nitrogens with one attached hydrogen (secondary N) is 3. The van der Waals surface area contributed by atoms with Gasteiger partial charge in [0.15, 0.2) is 0 Å². The van der Waals surface area contributed by atoms with E-state index in [1.807, 2.05) is 30.3 Å². The molecule has 0 radical (unpaired) electrons. The van der Waals surface area contributed by atoms with Crippen LogP contribution in [0.15, 0.2) is 94.2 Å². The molecular formula is C23H22N6O2. The van der Waals surface area contributed by atoms with Crippen molar-refractivity contribution in [3.05, 3.63) is 84.4 Å². The predicted molar refractivity (Wildman–Crippen MR) is 123 cm³/mol. The third-order valence-electron chi connectivity index (χ3n) is 3.98. The summed E-state index contributed by atoms with van der Waals surface area (Å²) < 4.78 is 0. The largest absolute Gasteiger partial charge is 0.326 e. The highest BCUT2D eigenvalue weighted by atomic mass is 16.2. The van der Waals surface area contributed by atoms with Crippen molar-refractivity contribution >= 4 is 40.4 Å². The molecule has 0 aromatic heterocycles. The number of nitrogens with zero attached hydrogens (tertiary/aromatic N) is 3. The second-order valence-corrected chi connectivity index (χ2v) is 6.60. The molecule has 0 aliphatic heterocycles. The monoisotopic (exact) mass is 414 g/mol. The molecule has 3 N–H and O–H groups in total. The number of hydrogen-bond acceptors (Lipinski definition) is 5. The van der Waals surface area contributed by atoms with Crippen molar-refractivity contribution in [3.8, 4) is 0 Å². The Labute approximate surface area is 180 Å². The molecule has 31 heavy (non-hydrogen) atoms. The lowest BCUT2D eigenvalue weighted by Gasteiger charge is -2.06. The van der Waals surface area contributed by atoms with Crippen LogP contribution < -0.4 is 16.1 Å². The molecule has 3 aromatic rings. The predicted octanol–water partition coefficient (Wildman–Crippen LogP) is 5.16. The van der Waals surface area contributed by atoms with Crippen molar-refractivity contribution in [3.63, 3.8) is 0 Å². The van der Waals surface area contributed by atoms with Crippen molar-refractivity contribution in [1.29, 1.82) is 0 Å². The molecule has 156 valence electrons. The Hall–Kier alpha value is -4.33. The highest BCUT2D eigenvalue weighted by Gasteiger charge is 2.03. The van der Waals surface area contributed by atoms with E-state index in [9.17, 15) is 9.59 Å². The van der Waals surface area contributed by atoms with E-state index in [1.165, 1.54) is 13.8 Å². The average Bonchev–Trinajstić information content (AvgIpc) is 2.76. The summed E-state index contributed by atoms with van der Waals surface area (Å²) in [5.74, 6) is 0.136. The SMILES string of the molecule is CC(=O)Nc1ccc(N=NC(=NNc2ccc(NC(C)=O)cc2)c2ccccc2)cc1. The Balaban J connectivity index is 1.77. The maximum atomic E-state index is 11.1. The van der Waals surface area contributed by atoms with E-state index in [4.69, 9.17) is 0 Å². The molecule has 0 bridgehead atoms. The zero-order valence-electron chi connectivity index (χ0n) is 17.2. The summed E-state index contributed by atoms with van der Waals surface area (Å²) in [7, 11) is 0. The van der Waals surface area contributed by atoms with Crippen LogP contribution in [-0.2, 0) is 9.59 Å². The normalized spacial score (nSPS) is 11.2. The maximum absolute atomic E-state index is 11.1. The number of carbonyl (C=O) groups is 2. The highest BCUT2D eigenvalue weighted by Crippen LogP contribution is 2.18. The molecule has 0 fully saturated rings. The van der Waals surface area contributed by atoms with E-state index < -0.39 is 0 Å². The van der Waals surface area contributed by atoms with Gasteiger partial charge in [-0.05, 0) is 48.5 Å². The molecule has 0 saturated carbocycles. The molecule has 8 heteroatoms. The van der Waals surface area contributed by atoms with Crippen molar-refractivity contribution in [2.45, 2.75) is 13.8 Å². The number of anilines is 3. The standard InChI is InChI=1S/C23H22N6O2/c1-16(30)24-19-8-12-21(13-9-19)26-28-23(18-6-4-3-5-7-18)29-27-22-14-10-20(11-15-22)25-17(2)31/h3-15,26H,1-2H3,(H,24,30)(H,25,31). The second-order valence-electron chi connectivity index (χ2n) is 6.60. The van der Waals surface area contributed by atoms with Crippen LogP contribution in [0.2, 0.25) is 0 Å². The summed E-state index contributed by atoms with van der Waals surface area (Å²) in [5, 5.41) is 18.4. The summed E-state index contributed by atoms with van der Waals surface area (Å²) in [6, 6.07) is 23.6. The number of benzene rings is 3. The van der Waals surface area contributed by atoms with Crippen LogP contribution in [0.4, 0.5) is 22.7 Å². The van der Waals surface area contributed by atoms with Gasteiger partial charge >= 0.3 is 0 Å². The lowest BCUT2D eigenvalue weighted by Crippen LogP contribution is -2.05. The van der Waals surface area contributed by atoms with Gasteiger partial charge in [-0.2, -0.15) is 5.10 Å². The molecule has 0 aliphatic rings. The van der Waals surface area contributed by atoms with Gasteiger partial charge in [-0.1, -0.05) is 30.3 Å². The van der Waals surface area contributed by atoms with Gasteiger partial charge in [0.25, 0.3) is 0 Å². The highest BCUT2D eigenvalue weighted by molar-refractivity contribution is 5.99. The molecular weight excluding hydrogens is 392 g/mol. The Bertz CT molecular complexity index is 1090. The second kappa shape index (κ2) is 10.4. The molecule has 0 heterocycles. The van der Waals surface area contributed by atoms with E-state index in [0.717, 1.165) is 11.3 Å². The van der Waals surface area contributed by atoms with Gasteiger partial charge < -0.3 is 10.6 Å². The van der Waals surface area contributed by atoms with Crippen LogP contribution in [0.5, 0.6) is 0 Å². The summed E-state index contributed by atoms with van der Waals surface area (Å²) in [6.07, 6.45) is 0. The van der Waals surface area contributed by atoms with Crippen molar-refractivity contribution < 1.29 is 9.59 Å². The molecule has 0 atom stereocenters. The van der Waals surface area contributed by atoms with E-state index in [1.54, 1.807) is 48.5 Å².